The lowest BCUT2D eigenvalue weighted by atomic mass is 10.1. The largest absolute Gasteiger partial charge is 0.418 e. The second-order valence-electron chi connectivity index (χ2n) is 5.66. The fraction of sp³-hybridized carbons (Fsp3) is 0.571. The first-order valence-electron chi connectivity index (χ1n) is 6.91. The van der Waals surface area contributed by atoms with Crippen LogP contribution >= 0.6 is 0 Å². The van der Waals surface area contributed by atoms with Crippen LogP contribution < -0.4 is 11.1 Å². The fourth-order valence-corrected chi connectivity index (χ4v) is 2.82. The molecule has 0 radical (unpaired) electrons. The zero-order valence-corrected chi connectivity index (χ0v) is 11.1. The topological polar surface area (TPSA) is 41.3 Å². The molecule has 0 spiro atoms. The number of hydrogen-bond acceptors (Lipinski definition) is 3. The summed E-state index contributed by atoms with van der Waals surface area (Å²) >= 11 is 0. The molecule has 3 rings (SSSR count). The second kappa shape index (κ2) is 4.84. The normalized spacial score (nSPS) is 24.1. The third-order valence-electron chi connectivity index (χ3n) is 3.99. The van der Waals surface area contributed by atoms with E-state index < -0.39 is 11.7 Å². The zero-order valence-electron chi connectivity index (χ0n) is 11.1. The third-order valence-corrected chi connectivity index (χ3v) is 3.99. The van der Waals surface area contributed by atoms with Crippen LogP contribution in [0.15, 0.2) is 18.2 Å². The predicted molar refractivity (Wildman–Crippen MR) is 72.5 cm³/mol. The Morgan fingerprint density at radius 3 is 2.60 bits per heavy atom. The lowest BCUT2D eigenvalue weighted by molar-refractivity contribution is -0.136. The SMILES string of the molecule is Nc1ccc(NC2CCN(C3CC3)C2)c(C(F)(F)F)c1. The number of alkyl halides is 3. The predicted octanol–water partition coefficient (Wildman–Crippen LogP) is 2.94. The Morgan fingerprint density at radius 2 is 1.95 bits per heavy atom. The van der Waals surface area contributed by atoms with Crippen LogP contribution in [0.2, 0.25) is 0 Å². The highest BCUT2D eigenvalue weighted by Gasteiger charge is 2.37. The fourth-order valence-electron chi connectivity index (χ4n) is 2.82. The molecule has 1 unspecified atom stereocenters. The van der Waals surface area contributed by atoms with E-state index in [4.69, 9.17) is 5.73 Å². The molecule has 1 aliphatic heterocycles. The van der Waals surface area contributed by atoms with E-state index in [9.17, 15) is 13.2 Å². The summed E-state index contributed by atoms with van der Waals surface area (Å²) < 4.78 is 39.0. The number of nitrogens with two attached hydrogens (primary N) is 1. The quantitative estimate of drug-likeness (QED) is 0.839. The number of nitrogens with one attached hydrogen (secondary N) is 1. The van der Waals surface area contributed by atoms with Crippen molar-refractivity contribution in [3.63, 3.8) is 0 Å². The molecule has 0 bridgehead atoms. The van der Waals surface area contributed by atoms with Gasteiger partial charge in [0.15, 0.2) is 0 Å². The molecule has 1 heterocycles. The maximum Gasteiger partial charge on any atom is 0.418 e. The van der Waals surface area contributed by atoms with Crippen LogP contribution in [0.1, 0.15) is 24.8 Å². The molecular formula is C14H18F3N3. The van der Waals surface area contributed by atoms with Crippen LogP contribution in [-0.2, 0) is 6.18 Å². The average Bonchev–Trinajstić information content (AvgIpc) is 3.11. The van der Waals surface area contributed by atoms with Gasteiger partial charge in [-0.15, -0.1) is 0 Å². The first kappa shape index (κ1) is 13.5. The van der Waals surface area contributed by atoms with Gasteiger partial charge in [-0.05, 0) is 37.5 Å². The van der Waals surface area contributed by atoms with Crippen LogP contribution in [0.25, 0.3) is 0 Å². The summed E-state index contributed by atoms with van der Waals surface area (Å²) in [5.41, 5.74) is 5.05. The Bertz CT molecular complexity index is 497. The lowest BCUT2D eigenvalue weighted by Crippen LogP contribution is -2.28. The molecule has 1 aromatic carbocycles. The standard InChI is InChI=1S/C14H18F3N3/c15-14(16,17)12-7-9(18)1-4-13(12)19-10-5-6-20(8-10)11-2-3-11/h1,4,7,10-11,19H,2-3,5-6,8,18H2. The van der Waals surface area contributed by atoms with Crippen molar-refractivity contribution in [3.05, 3.63) is 23.8 Å². The molecular weight excluding hydrogens is 267 g/mol. The zero-order chi connectivity index (χ0) is 14.3. The van der Waals surface area contributed by atoms with Crippen LogP contribution in [0.3, 0.4) is 0 Å². The van der Waals surface area contributed by atoms with Crippen molar-refractivity contribution in [2.24, 2.45) is 0 Å². The smallest absolute Gasteiger partial charge is 0.399 e. The van der Waals surface area contributed by atoms with Crippen molar-refractivity contribution < 1.29 is 13.2 Å². The average molecular weight is 285 g/mol. The number of rotatable bonds is 3. The number of nitrogens with zero attached hydrogens (tertiary/aromatic N) is 1. The maximum atomic E-state index is 13.0. The van der Waals surface area contributed by atoms with Gasteiger partial charge in [0.25, 0.3) is 0 Å². The Morgan fingerprint density at radius 1 is 1.20 bits per heavy atom. The minimum absolute atomic E-state index is 0.0836. The Balaban J connectivity index is 1.74. The number of hydrogen-bond donors (Lipinski definition) is 2. The molecule has 0 amide bonds. The number of likely N-dealkylation sites (tertiary alicyclic amines) is 1. The highest BCUT2D eigenvalue weighted by Crippen LogP contribution is 2.37. The van der Waals surface area contributed by atoms with Gasteiger partial charge in [-0.2, -0.15) is 13.2 Å². The van der Waals surface area contributed by atoms with E-state index in [0.29, 0.717) is 6.04 Å². The summed E-state index contributed by atoms with van der Waals surface area (Å²) in [6, 6.07) is 4.68. The molecule has 3 nitrogen and oxygen atoms in total. The first-order valence-corrected chi connectivity index (χ1v) is 6.91. The van der Waals surface area contributed by atoms with Gasteiger partial charge in [0.1, 0.15) is 0 Å². The minimum Gasteiger partial charge on any atom is -0.399 e. The Hall–Kier alpha value is -1.43. The van der Waals surface area contributed by atoms with Gasteiger partial charge in [-0.3, -0.25) is 4.90 Å². The van der Waals surface area contributed by atoms with Crippen LogP contribution in [-0.4, -0.2) is 30.1 Å². The van der Waals surface area contributed by atoms with Gasteiger partial charge in [0, 0.05) is 36.5 Å². The number of anilines is 2. The van der Waals surface area contributed by atoms with Crippen molar-refractivity contribution in [2.45, 2.75) is 37.5 Å². The van der Waals surface area contributed by atoms with Crippen molar-refractivity contribution in [3.8, 4) is 0 Å². The summed E-state index contributed by atoms with van der Waals surface area (Å²) in [5.74, 6) is 0. The summed E-state index contributed by atoms with van der Waals surface area (Å²) in [6.07, 6.45) is -1.05. The van der Waals surface area contributed by atoms with Crippen molar-refractivity contribution in [2.75, 3.05) is 24.1 Å². The Labute approximate surface area is 115 Å². The second-order valence-corrected chi connectivity index (χ2v) is 5.66. The molecule has 2 fully saturated rings. The number of halogens is 3. The Kier molecular flexibility index (Phi) is 3.28. The molecule has 1 saturated heterocycles. The number of nitrogen functional groups attached to an aromatic ring is 1. The van der Waals surface area contributed by atoms with Crippen LogP contribution in [0, 0.1) is 0 Å². The molecule has 110 valence electrons. The minimum atomic E-state index is -4.38. The van der Waals surface area contributed by atoms with Crippen molar-refractivity contribution in [1.82, 2.24) is 4.90 Å². The molecule has 20 heavy (non-hydrogen) atoms. The van der Waals surface area contributed by atoms with E-state index in [2.05, 4.69) is 10.2 Å². The maximum absolute atomic E-state index is 13.0. The molecule has 1 atom stereocenters. The van der Waals surface area contributed by atoms with Gasteiger partial charge >= 0.3 is 6.18 Å². The molecule has 1 aliphatic carbocycles. The van der Waals surface area contributed by atoms with Gasteiger partial charge in [0.05, 0.1) is 5.56 Å². The van der Waals surface area contributed by atoms with Gasteiger partial charge in [-0.1, -0.05) is 0 Å². The molecule has 6 heteroatoms. The lowest BCUT2D eigenvalue weighted by Gasteiger charge is -2.20. The van der Waals surface area contributed by atoms with E-state index in [0.717, 1.165) is 25.6 Å². The number of benzene rings is 1. The van der Waals surface area contributed by atoms with E-state index >= 15 is 0 Å². The van der Waals surface area contributed by atoms with E-state index in [1.807, 2.05) is 0 Å². The van der Waals surface area contributed by atoms with Gasteiger partial charge in [-0.25, -0.2) is 0 Å². The van der Waals surface area contributed by atoms with Gasteiger partial charge < -0.3 is 11.1 Å². The molecule has 0 aromatic heterocycles. The summed E-state index contributed by atoms with van der Waals surface area (Å²) in [4.78, 5) is 2.36. The first-order chi connectivity index (χ1) is 9.43. The van der Waals surface area contributed by atoms with Crippen molar-refractivity contribution in [1.29, 1.82) is 0 Å². The van der Waals surface area contributed by atoms with E-state index in [-0.39, 0.29) is 17.4 Å². The van der Waals surface area contributed by atoms with Crippen molar-refractivity contribution >= 4 is 11.4 Å². The molecule has 2 aliphatic rings. The molecule has 1 aromatic rings. The van der Waals surface area contributed by atoms with Gasteiger partial charge in [0.2, 0.25) is 0 Å². The summed E-state index contributed by atoms with van der Waals surface area (Å²) in [5, 5.41) is 3.04. The summed E-state index contributed by atoms with van der Waals surface area (Å²) in [7, 11) is 0. The third kappa shape index (κ3) is 2.85. The van der Waals surface area contributed by atoms with Crippen LogP contribution in [0.4, 0.5) is 24.5 Å². The van der Waals surface area contributed by atoms with E-state index in [1.165, 1.54) is 25.0 Å². The molecule has 1 saturated carbocycles. The summed E-state index contributed by atoms with van der Waals surface area (Å²) in [6.45, 7) is 1.80. The van der Waals surface area contributed by atoms with E-state index in [1.54, 1.807) is 0 Å². The monoisotopic (exact) mass is 285 g/mol. The highest BCUT2D eigenvalue weighted by atomic mass is 19.4. The van der Waals surface area contributed by atoms with Crippen LogP contribution in [0.5, 0.6) is 0 Å². The molecule has 3 N–H and O–H groups in total. The highest BCUT2D eigenvalue weighted by molar-refractivity contribution is 5.59.